The van der Waals surface area contributed by atoms with E-state index in [1.165, 1.54) is 23.5 Å². The zero-order valence-corrected chi connectivity index (χ0v) is 25.3. The highest BCUT2D eigenvalue weighted by atomic mass is 79.9. The second kappa shape index (κ2) is 13.5. The normalized spacial score (nSPS) is 11.3. The van der Waals surface area contributed by atoms with Crippen molar-refractivity contribution >= 4 is 51.7 Å². The Kier molecular flexibility index (Phi) is 9.59. The first-order chi connectivity index (χ1) is 20.8. The van der Waals surface area contributed by atoms with Gasteiger partial charge in [0.1, 0.15) is 16.5 Å². The predicted molar refractivity (Wildman–Crippen MR) is 161 cm³/mol. The molecule has 0 spiro atoms. The molecule has 1 heterocycles. The highest BCUT2D eigenvalue weighted by molar-refractivity contribution is 9.10. The fourth-order valence-electron chi connectivity index (χ4n) is 4.11. The lowest BCUT2D eigenvalue weighted by atomic mass is 10.1. The number of anilines is 2. The summed E-state index contributed by atoms with van der Waals surface area (Å²) in [5, 5.41) is 19.3. The van der Waals surface area contributed by atoms with Crippen molar-refractivity contribution in [1.29, 1.82) is 0 Å². The van der Waals surface area contributed by atoms with Gasteiger partial charge in [-0.15, -0.1) is 19.7 Å². The maximum absolute atomic E-state index is 12.6. The molecule has 220 valence electrons. The third kappa shape index (κ3) is 7.51. The van der Waals surface area contributed by atoms with E-state index in [2.05, 4.69) is 35.6 Å². The summed E-state index contributed by atoms with van der Waals surface area (Å²) in [6.07, 6.45) is -0.600. The summed E-state index contributed by atoms with van der Waals surface area (Å²) < 4.78 is 49.9. The number of halogens is 3. The molecule has 0 unspecified atom stereocenters. The summed E-state index contributed by atoms with van der Waals surface area (Å²) in [4.78, 5) is 13.3. The van der Waals surface area contributed by atoms with E-state index in [-0.39, 0.29) is 5.56 Å². The molecule has 0 atom stereocenters. The molecule has 9 nitrogen and oxygen atoms in total. The smallest absolute Gasteiger partial charge is 0.399 e. The molecule has 4 aromatic carbocycles. The van der Waals surface area contributed by atoms with Crippen LogP contribution in [-0.4, -0.2) is 21.3 Å². The Hall–Kier alpha value is -4.00. The van der Waals surface area contributed by atoms with E-state index in [4.69, 9.17) is 4.74 Å². The number of carbonyl (C=O) groups is 1. The van der Waals surface area contributed by atoms with Crippen molar-refractivity contribution in [2.24, 2.45) is 0 Å². The Morgan fingerprint density at radius 2 is 1.63 bits per heavy atom. The molecule has 0 aliphatic carbocycles. The largest absolute Gasteiger partial charge is 0.478 e. The standard InChI is InChI=1S/C29H21BrF2N3O6PS/c30-26-14-19(12-13-22(26)18-42(38,40-31)41-32)17-35(23-8-2-1-3-9-23)29-34-33-27(43-29)20-6-4-10-24(15-20)39-25-11-5-7-21(16-25)28(36)37/h1-16H,17-18H2,(H,36,37). The van der Waals surface area contributed by atoms with Gasteiger partial charge in [-0.2, -0.15) is 0 Å². The zero-order chi connectivity index (χ0) is 30.4. The van der Waals surface area contributed by atoms with Crippen LogP contribution in [0, 0.1) is 0 Å². The number of hydrogen-bond donors (Lipinski definition) is 1. The van der Waals surface area contributed by atoms with Gasteiger partial charge >= 0.3 is 13.6 Å². The number of carboxylic acids is 1. The third-order valence-corrected chi connectivity index (χ3v) is 9.03. The van der Waals surface area contributed by atoms with E-state index in [1.807, 2.05) is 47.4 Å². The number of aromatic carboxylic acids is 1. The molecule has 0 aliphatic heterocycles. The van der Waals surface area contributed by atoms with Gasteiger partial charge in [-0.3, -0.25) is 4.57 Å². The molecule has 43 heavy (non-hydrogen) atoms. The van der Waals surface area contributed by atoms with Crippen LogP contribution in [0.5, 0.6) is 11.5 Å². The van der Waals surface area contributed by atoms with Gasteiger partial charge in [0.15, 0.2) is 0 Å². The minimum atomic E-state index is -4.55. The molecular formula is C29H21BrF2N3O6PS. The van der Waals surface area contributed by atoms with E-state index >= 15 is 0 Å². The minimum absolute atomic E-state index is 0.118. The lowest BCUT2D eigenvalue weighted by Crippen LogP contribution is -2.16. The molecule has 5 rings (SSSR count). The van der Waals surface area contributed by atoms with Crippen molar-refractivity contribution in [2.75, 3.05) is 4.90 Å². The summed E-state index contributed by atoms with van der Waals surface area (Å²) in [6, 6.07) is 28.1. The van der Waals surface area contributed by atoms with E-state index < -0.39 is 19.7 Å². The number of carboxylic acid groups (broad SMARTS) is 1. The Balaban J connectivity index is 1.40. The number of ether oxygens (including phenoxy) is 1. The van der Waals surface area contributed by atoms with Crippen molar-refractivity contribution < 1.29 is 37.7 Å². The van der Waals surface area contributed by atoms with Gasteiger partial charge in [-0.05, 0) is 68.7 Å². The lowest BCUT2D eigenvalue weighted by molar-refractivity contribution is -0.0881. The second-order valence-electron chi connectivity index (χ2n) is 9.11. The van der Waals surface area contributed by atoms with Gasteiger partial charge in [0.05, 0.1) is 18.3 Å². The number of nitrogens with zero attached hydrogens (tertiary/aromatic N) is 3. The zero-order valence-electron chi connectivity index (χ0n) is 22.0. The Morgan fingerprint density at radius 1 is 0.907 bits per heavy atom. The van der Waals surface area contributed by atoms with Crippen molar-refractivity contribution in [3.63, 3.8) is 0 Å². The van der Waals surface area contributed by atoms with Gasteiger partial charge < -0.3 is 14.7 Å². The highest BCUT2D eigenvalue weighted by Crippen LogP contribution is 2.53. The van der Waals surface area contributed by atoms with Crippen LogP contribution >= 0.6 is 34.9 Å². The van der Waals surface area contributed by atoms with Gasteiger partial charge in [0.25, 0.3) is 0 Å². The fraction of sp³-hybridized carbons (Fsp3) is 0.0690. The van der Waals surface area contributed by atoms with Crippen LogP contribution in [0.25, 0.3) is 10.6 Å². The molecule has 14 heteroatoms. The minimum Gasteiger partial charge on any atom is -0.478 e. The van der Waals surface area contributed by atoms with E-state index in [0.717, 1.165) is 16.8 Å². The molecule has 1 N–H and O–H groups in total. The first kappa shape index (κ1) is 30.5. The lowest BCUT2D eigenvalue weighted by Gasteiger charge is -2.22. The summed E-state index contributed by atoms with van der Waals surface area (Å²) in [6.45, 7) is 0.359. The van der Waals surface area contributed by atoms with Gasteiger partial charge in [-0.25, -0.2) is 4.79 Å². The van der Waals surface area contributed by atoms with Crippen molar-refractivity contribution in [3.05, 3.63) is 118 Å². The summed E-state index contributed by atoms with van der Waals surface area (Å²) in [7, 11) is -4.55. The van der Waals surface area contributed by atoms with E-state index in [1.54, 1.807) is 42.5 Å². The molecule has 0 saturated carbocycles. The van der Waals surface area contributed by atoms with E-state index in [9.17, 15) is 23.5 Å². The van der Waals surface area contributed by atoms with Gasteiger partial charge in [0, 0.05) is 15.7 Å². The Morgan fingerprint density at radius 3 is 2.33 bits per heavy atom. The van der Waals surface area contributed by atoms with Crippen molar-refractivity contribution in [3.8, 4) is 22.1 Å². The molecule has 5 aromatic rings. The Bertz CT molecular complexity index is 1790. The number of aromatic nitrogens is 2. The maximum Gasteiger partial charge on any atom is 0.399 e. The van der Waals surface area contributed by atoms with Gasteiger partial charge in [0.2, 0.25) is 5.13 Å². The molecule has 0 amide bonds. The molecule has 1 aromatic heterocycles. The molecule has 0 saturated heterocycles. The first-order valence-electron chi connectivity index (χ1n) is 12.5. The summed E-state index contributed by atoms with van der Waals surface area (Å²) in [5.74, 6) is -0.155. The average Bonchev–Trinajstić information content (AvgIpc) is 3.52. The highest BCUT2D eigenvalue weighted by Gasteiger charge is 2.29. The topological polar surface area (TPSA) is 111 Å². The maximum atomic E-state index is 12.6. The van der Waals surface area contributed by atoms with Crippen LogP contribution in [0.2, 0.25) is 0 Å². The van der Waals surface area contributed by atoms with Gasteiger partial charge in [-0.1, -0.05) is 75.8 Å². The van der Waals surface area contributed by atoms with Crippen LogP contribution in [0.15, 0.2) is 102 Å². The molecule has 0 fully saturated rings. The number of para-hydroxylation sites is 1. The SMILES string of the molecule is O=C(O)c1cccc(Oc2cccc(-c3nnc(N(Cc4ccc(CP(=O)(OF)OF)c(Br)c4)c4ccccc4)s3)c2)c1. The Labute approximate surface area is 256 Å². The first-order valence-corrected chi connectivity index (χ1v) is 15.9. The molecular weight excluding hydrogens is 667 g/mol. The van der Waals surface area contributed by atoms with Crippen LogP contribution in [0.4, 0.5) is 19.9 Å². The van der Waals surface area contributed by atoms with Crippen LogP contribution < -0.4 is 9.64 Å². The molecule has 0 bridgehead atoms. The molecule has 0 aliphatic rings. The number of rotatable bonds is 12. The van der Waals surface area contributed by atoms with Crippen LogP contribution in [-0.2, 0) is 26.7 Å². The number of benzene rings is 4. The average molecular weight is 688 g/mol. The van der Waals surface area contributed by atoms with E-state index in [0.29, 0.717) is 38.2 Å². The monoisotopic (exact) mass is 687 g/mol. The van der Waals surface area contributed by atoms with Crippen LogP contribution in [0.3, 0.4) is 0 Å². The fourth-order valence-corrected chi connectivity index (χ4v) is 6.56. The third-order valence-electron chi connectivity index (χ3n) is 6.14. The summed E-state index contributed by atoms with van der Waals surface area (Å²) >= 11 is 4.73. The molecule has 0 radical (unpaired) electrons. The van der Waals surface area contributed by atoms with Crippen LogP contribution in [0.1, 0.15) is 21.5 Å². The predicted octanol–water partition coefficient (Wildman–Crippen LogP) is 9.29. The van der Waals surface area contributed by atoms with Crippen molar-refractivity contribution in [1.82, 2.24) is 10.2 Å². The summed E-state index contributed by atoms with van der Waals surface area (Å²) in [5.41, 5.74) is 2.87. The quantitative estimate of drug-likeness (QED) is 0.128. The number of hydrogen-bond acceptors (Lipinski definition) is 9. The van der Waals surface area contributed by atoms with Crippen molar-refractivity contribution in [2.45, 2.75) is 12.7 Å². The second-order valence-corrected chi connectivity index (χ2v) is 12.7.